The van der Waals surface area contributed by atoms with Crippen molar-refractivity contribution in [3.05, 3.63) is 53.0 Å². The van der Waals surface area contributed by atoms with Gasteiger partial charge in [-0.3, -0.25) is 9.59 Å². The molecule has 26 heavy (non-hydrogen) atoms. The van der Waals surface area contributed by atoms with Crippen molar-refractivity contribution in [1.29, 1.82) is 0 Å². The number of rotatable bonds is 5. The summed E-state index contributed by atoms with van der Waals surface area (Å²) in [5.41, 5.74) is 0.692. The van der Waals surface area contributed by atoms with Gasteiger partial charge in [0.25, 0.3) is 11.8 Å². The number of hydrogen-bond donors (Lipinski definition) is 0. The Morgan fingerprint density at radius 1 is 1.19 bits per heavy atom. The molecular formula is C20H19BrN2O3. The van der Waals surface area contributed by atoms with Crippen LogP contribution in [0.2, 0.25) is 0 Å². The molecule has 4 atom stereocenters. The minimum Gasteiger partial charge on any atom is -0.489 e. The third-order valence-electron chi connectivity index (χ3n) is 5.38. The van der Waals surface area contributed by atoms with Crippen LogP contribution in [0.4, 0.5) is 0 Å². The highest BCUT2D eigenvalue weighted by atomic mass is 79.9. The molecule has 5 rings (SSSR count). The van der Waals surface area contributed by atoms with Crippen molar-refractivity contribution in [2.75, 3.05) is 6.61 Å². The highest BCUT2D eigenvalue weighted by Crippen LogP contribution is 2.49. The van der Waals surface area contributed by atoms with Crippen LogP contribution >= 0.6 is 15.9 Å². The van der Waals surface area contributed by atoms with Crippen molar-refractivity contribution in [1.82, 2.24) is 5.01 Å². The number of nitrogens with zero attached hydrogens (tertiary/aromatic N) is 2. The molecule has 1 heterocycles. The first-order chi connectivity index (χ1) is 12.6. The van der Waals surface area contributed by atoms with E-state index < -0.39 is 0 Å². The predicted molar refractivity (Wildman–Crippen MR) is 102 cm³/mol. The molecule has 3 aliphatic carbocycles. The largest absolute Gasteiger partial charge is 0.489 e. The summed E-state index contributed by atoms with van der Waals surface area (Å²) < 4.78 is 6.48. The number of imide groups is 1. The zero-order valence-electron chi connectivity index (χ0n) is 14.2. The lowest BCUT2D eigenvalue weighted by Crippen LogP contribution is -2.38. The first-order valence-electron chi connectivity index (χ1n) is 8.73. The van der Waals surface area contributed by atoms with E-state index in [9.17, 15) is 9.59 Å². The van der Waals surface area contributed by atoms with Crippen LogP contribution in [0.1, 0.15) is 18.4 Å². The minimum absolute atomic E-state index is 0.166. The van der Waals surface area contributed by atoms with Crippen LogP contribution in [0.15, 0.2) is 52.6 Å². The standard InChI is InChI=1S/C20H19BrN2O3/c1-2-9-26-16-8-7-15(21)10-14(16)11-22-23-19(24)17-12-3-4-13(6-5-12)18(17)20(23)25/h2-4,7-8,10-13,17-18H,1,5-6,9H2. The number of hydrazone groups is 1. The molecule has 1 aromatic rings. The fourth-order valence-corrected chi connectivity index (χ4v) is 4.57. The monoisotopic (exact) mass is 414 g/mol. The number of ether oxygens (including phenoxy) is 1. The van der Waals surface area contributed by atoms with E-state index in [0.29, 0.717) is 17.9 Å². The summed E-state index contributed by atoms with van der Waals surface area (Å²) in [4.78, 5) is 25.6. The summed E-state index contributed by atoms with van der Waals surface area (Å²) in [6.45, 7) is 4.01. The Kier molecular flexibility index (Phi) is 4.53. The molecule has 6 heteroatoms. The van der Waals surface area contributed by atoms with Gasteiger partial charge < -0.3 is 4.74 Å². The number of halogens is 1. The topological polar surface area (TPSA) is 59.0 Å². The van der Waals surface area contributed by atoms with Gasteiger partial charge in [-0.15, -0.1) is 0 Å². The molecule has 134 valence electrons. The van der Waals surface area contributed by atoms with E-state index in [4.69, 9.17) is 4.74 Å². The van der Waals surface area contributed by atoms with Gasteiger partial charge in [0.15, 0.2) is 0 Å². The van der Waals surface area contributed by atoms with Crippen LogP contribution < -0.4 is 4.74 Å². The van der Waals surface area contributed by atoms with E-state index in [-0.39, 0.29) is 35.5 Å². The molecule has 0 N–H and O–H groups in total. The smallest absolute Gasteiger partial charge is 0.254 e. The van der Waals surface area contributed by atoms with Crippen molar-refractivity contribution in [2.24, 2.45) is 28.8 Å². The maximum Gasteiger partial charge on any atom is 0.254 e. The second kappa shape index (κ2) is 6.83. The van der Waals surface area contributed by atoms with Crippen molar-refractivity contribution in [3.8, 4) is 5.75 Å². The number of carbonyl (C=O) groups is 2. The van der Waals surface area contributed by atoms with Crippen LogP contribution in [-0.4, -0.2) is 29.6 Å². The second-order valence-corrected chi connectivity index (χ2v) is 7.77. The van der Waals surface area contributed by atoms with Crippen LogP contribution in [-0.2, 0) is 9.59 Å². The molecule has 4 aliphatic rings. The van der Waals surface area contributed by atoms with Gasteiger partial charge in [0, 0.05) is 10.0 Å². The molecule has 2 bridgehead atoms. The van der Waals surface area contributed by atoms with Gasteiger partial charge in [-0.25, -0.2) is 0 Å². The predicted octanol–water partition coefficient (Wildman–Crippen LogP) is 3.55. The summed E-state index contributed by atoms with van der Waals surface area (Å²) in [5, 5.41) is 5.30. The van der Waals surface area contributed by atoms with Crippen LogP contribution in [0.5, 0.6) is 5.75 Å². The Labute approximate surface area is 160 Å². The van der Waals surface area contributed by atoms with E-state index >= 15 is 0 Å². The van der Waals surface area contributed by atoms with Crippen LogP contribution in [0.25, 0.3) is 0 Å². The van der Waals surface area contributed by atoms with Gasteiger partial charge in [-0.2, -0.15) is 10.1 Å². The number of benzene rings is 1. The second-order valence-electron chi connectivity index (χ2n) is 6.86. The van der Waals surface area contributed by atoms with Gasteiger partial charge in [-0.1, -0.05) is 40.7 Å². The lowest BCUT2D eigenvalue weighted by Gasteiger charge is -2.37. The SMILES string of the molecule is C=CCOc1ccc(Br)cc1C=NN1C(=O)C2C3C=CC(CC3)C2C1=O. The van der Waals surface area contributed by atoms with Gasteiger partial charge in [0.05, 0.1) is 18.1 Å². The van der Waals surface area contributed by atoms with Crippen molar-refractivity contribution in [3.63, 3.8) is 0 Å². The first-order valence-corrected chi connectivity index (χ1v) is 9.53. The zero-order chi connectivity index (χ0) is 18.3. The Morgan fingerprint density at radius 3 is 2.42 bits per heavy atom. The van der Waals surface area contributed by atoms with Crippen molar-refractivity contribution in [2.45, 2.75) is 12.8 Å². The molecule has 1 saturated heterocycles. The number of fused-ring (bicyclic) bond motifs is 1. The van der Waals surface area contributed by atoms with Gasteiger partial charge in [0.1, 0.15) is 12.4 Å². The Morgan fingerprint density at radius 2 is 1.85 bits per heavy atom. The molecule has 1 aromatic carbocycles. The molecule has 2 fully saturated rings. The van der Waals surface area contributed by atoms with Crippen LogP contribution in [0.3, 0.4) is 0 Å². The average Bonchev–Trinajstić information content (AvgIpc) is 2.93. The summed E-state index contributed by atoms with van der Waals surface area (Å²) in [7, 11) is 0. The van der Waals surface area contributed by atoms with E-state index in [1.54, 1.807) is 6.08 Å². The molecule has 0 spiro atoms. The maximum absolute atomic E-state index is 12.8. The Hall–Kier alpha value is -2.21. The molecule has 0 radical (unpaired) electrons. The molecule has 0 aromatic heterocycles. The normalized spacial score (nSPS) is 29.5. The third-order valence-corrected chi connectivity index (χ3v) is 5.87. The van der Waals surface area contributed by atoms with E-state index in [2.05, 4.69) is 39.8 Å². The molecule has 4 unspecified atom stereocenters. The number of hydrogen-bond acceptors (Lipinski definition) is 4. The van der Waals surface area contributed by atoms with Gasteiger partial charge >= 0.3 is 0 Å². The highest BCUT2D eigenvalue weighted by molar-refractivity contribution is 9.10. The summed E-state index contributed by atoms with van der Waals surface area (Å²) >= 11 is 3.42. The molecular weight excluding hydrogens is 396 g/mol. The quantitative estimate of drug-likeness (QED) is 0.420. The lowest BCUT2D eigenvalue weighted by atomic mass is 9.63. The average molecular weight is 415 g/mol. The molecule has 1 aliphatic heterocycles. The maximum atomic E-state index is 12.8. The summed E-state index contributed by atoms with van der Waals surface area (Å²) in [6.07, 6.45) is 9.33. The van der Waals surface area contributed by atoms with Gasteiger partial charge in [-0.05, 0) is 42.9 Å². The van der Waals surface area contributed by atoms with Crippen molar-refractivity contribution < 1.29 is 14.3 Å². The van der Waals surface area contributed by atoms with E-state index in [1.165, 1.54) is 6.21 Å². The number of amides is 2. The third kappa shape index (κ3) is 2.82. The fraction of sp³-hybridized carbons (Fsp3) is 0.350. The Balaban J connectivity index is 1.60. The molecule has 5 nitrogen and oxygen atoms in total. The number of allylic oxidation sites excluding steroid dienone is 2. The van der Waals surface area contributed by atoms with Gasteiger partial charge in [0.2, 0.25) is 0 Å². The summed E-state index contributed by atoms with van der Waals surface area (Å²) in [6, 6.07) is 5.51. The summed E-state index contributed by atoms with van der Waals surface area (Å²) in [5.74, 6) is 0.0932. The first kappa shape index (κ1) is 17.2. The van der Waals surface area contributed by atoms with Crippen molar-refractivity contribution >= 4 is 34.0 Å². The fourth-order valence-electron chi connectivity index (χ4n) is 4.19. The lowest BCUT2D eigenvalue weighted by molar-refractivity contribution is -0.140. The van der Waals surface area contributed by atoms with Crippen LogP contribution in [0, 0.1) is 23.7 Å². The zero-order valence-corrected chi connectivity index (χ0v) is 15.8. The van der Waals surface area contributed by atoms with E-state index in [0.717, 1.165) is 22.3 Å². The molecule has 1 saturated carbocycles. The molecule has 2 amide bonds. The minimum atomic E-state index is -0.248. The Bertz CT molecular complexity index is 800. The highest BCUT2D eigenvalue weighted by Gasteiger charge is 2.56. The number of carbonyl (C=O) groups excluding carboxylic acids is 2. The van der Waals surface area contributed by atoms with E-state index in [1.807, 2.05) is 18.2 Å².